The third-order valence-electron chi connectivity index (χ3n) is 5.29. The molecule has 0 aliphatic carbocycles. The zero-order chi connectivity index (χ0) is 21.9. The van der Waals surface area contributed by atoms with Gasteiger partial charge in [0.15, 0.2) is 11.0 Å². The van der Waals surface area contributed by atoms with E-state index in [0.29, 0.717) is 18.3 Å². The van der Waals surface area contributed by atoms with Crippen LogP contribution in [0.1, 0.15) is 30.9 Å². The van der Waals surface area contributed by atoms with Gasteiger partial charge in [-0.25, -0.2) is 0 Å². The SMILES string of the molecule is COc1ccc(-c2nnc(SC(C)c3nc(-c4cccs4)no3)n2CC2CCCO2)cc1. The van der Waals surface area contributed by atoms with Crippen molar-refractivity contribution in [3.63, 3.8) is 0 Å². The van der Waals surface area contributed by atoms with Gasteiger partial charge in [0.2, 0.25) is 11.7 Å². The Bertz CT molecular complexity index is 1150. The van der Waals surface area contributed by atoms with Crippen molar-refractivity contribution in [1.29, 1.82) is 0 Å². The Hall–Kier alpha value is -2.69. The van der Waals surface area contributed by atoms with E-state index >= 15 is 0 Å². The number of ether oxygens (including phenoxy) is 2. The second-order valence-electron chi connectivity index (χ2n) is 7.47. The zero-order valence-corrected chi connectivity index (χ0v) is 19.4. The third kappa shape index (κ3) is 4.43. The number of rotatable bonds is 8. The van der Waals surface area contributed by atoms with Crippen LogP contribution in [0.4, 0.5) is 0 Å². The Morgan fingerprint density at radius 3 is 2.84 bits per heavy atom. The van der Waals surface area contributed by atoms with Gasteiger partial charge in [0, 0.05) is 12.2 Å². The summed E-state index contributed by atoms with van der Waals surface area (Å²) in [5, 5.41) is 15.9. The fraction of sp³-hybridized carbons (Fsp3) is 0.364. The van der Waals surface area contributed by atoms with Crippen LogP contribution in [-0.2, 0) is 11.3 Å². The summed E-state index contributed by atoms with van der Waals surface area (Å²) in [5.41, 5.74) is 0.980. The molecule has 4 aromatic rings. The lowest BCUT2D eigenvalue weighted by molar-refractivity contribution is 0.0953. The van der Waals surface area contributed by atoms with Crippen molar-refractivity contribution < 1.29 is 14.0 Å². The molecule has 2 unspecified atom stereocenters. The monoisotopic (exact) mass is 469 g/mol. The molecule has 0 N–H and O–H groups in total. The number of methoxy groups -OCH3 is 1. The van der Waals surface area contributed by atoms with E-state index in [1.165, 1.54) is 0 Å². The van der Waals surface area contributed by atoms with Crippen LogP contribution in [0.5, 0.6) is 5.75 Å². The molecular formula is C22H23N5O3S2. The smallest absolute Gasteiger partial charge is 0.240 e. The molecule has 166 valence electrons. The first-order valence-corrected chi connectivity index (χ1v) is 12.2. The van der Waals surface area contributed by atoms with Crippen LogP contribution in [0.15, 0.2) is 51.5 Å². The summed E-state index contributed by atoms with van der Waals surface area (Å²) in [4.78, 5) is 5.57. The highest BCUT2D eigenvalue weighted by atomic mass is 32.2. The minimum Gasteiger partial charge on any atom is -0.497 e. The topological polar surface area (TPSA) is 88.1 Å². The van der Waals surface area contributed by atoms with Crippen LogP contribution in [0.3, 0.4) is 0 Å². The summed E-state index contributed by atoms with van der Waals surface area (Å²) in [6.07, 6.45) is 2.27. The number of thiophene rings is 1. The van der Waals surface area contributed by atoms with Crippen molar-refractivity contribution in [3.8, 4) is 27.8 Å². The lowest BCUT2D eigenvalue weighted by Gasteiger charge is -2.15. The number of benzene rings is 1. The summed E-state index contributed by atoms with van der Waals surface area (Å²) in [7, 11) is 1.66. The lowest BCUT2D eigenvalue weighted by Crippen LogP contribution is -2.16. The van der Waals surface area contributed by atoms with E-state index in [-0.39, 0.29) is 11.4 Å². The van der Waals surface area contributed by atoms with Gasteiger partial charge in [0.25, 0.3) is 0 Å². The Morgan fingerprint density at radius 1 is 1.25 bits per heavy atom. The number of nitrogens with zero attached hydrogens (tertiary/aromatic N) is 5. The van der Waals surface area contributed by atoms with Crippen LogP contribution >= 0.6 is 23.1 Å². The maximum absolute atomic E-state index is 5.90. The average molecular weight is 470 g/mol. The lowest BCUT2D eigenvalue weighted by atomic mass is 10.2. The highest BCUT2D eigenvalue weighted by molar-refractivity contribution is 7.99. The molecule has 0 amide bonds. The summed E-state index contributed by atoms with van der Waals surface area (Å²) < 4.78 is 18.9. The largest absolute Gasteiger partial charge is 0.497 e. The minimum absolute atomic E-state index is 0.0765. The molecule has 1 aliphatic heterocycles. The highest BCUT2D eigenvalue weighted by Gasteiger charge is 2.25. The molecule has 2 atom stereocenters. The highest BCUT2D eigenvalue weighted by Crippen LogP contribution is 2.36. The fourth-order valence-corrected chi connectivity index (χ4v) is 5.14. The molecule has 0 bridgehead atoms. The van der Waals surface area contributed by atoms with Crippen LogP contribution in [0.25, 0.3) is 22.1 Å². The second-order valence-corrected chi connectivity index (χ2v) is 9.73. The third-order valence-corrected chi connectivity index (χ3v) is 7.22. The summed E-state index contributed by atoms with van der Waals surface area (Å²) in [6, 6.07) is 11.8. The summed E-state index contributed by atoms with van der Waals surface area (Å²) in [6.45, 7) is 3.54. The van der Waals surface area contributed by atoms with Crippen molar-refractivity contribution in [1.82, 2.24) is 24.9 Å². The van der Waals surface area contributed by atoms with Gasteiger partial charge in [-0.3, -0.25) is 4.57 Å². The van der Waals surface area contributed by atoms with E-state index in [1.54, 1.807) is 30.2 Å². The van der Waals surface area contributed by atoms with Gasteiger partial charge in [-0.15, -0.1) is 21.5 Å². The average Bonchev–Trinajstić information content (AvgIpc) is 3.62. The van der Waals surface area contributed by atoms with E-state index in [2.05, 4.69) is 24.9 Å². The maximum atomic E-state index is 5.90. The van der Waals surface area contributed by atoms with Gasteiger partial charge in [-0.05, 0) is 55.5 Å². The predicted molar refractivity (Wildman–Crippen MR) is 123 cm³/mol. The number of hydrogen-bond donors (Lipinski definition) is 0. The predicted octanol–water partition coefficient (Wildman–Crippen LogP) is 5.10. The van der Waals surface area contributed by atoms with E-state index in [9.17, 15) is 0 Å². The second kappa shape index (κ2) is 9.43. The molecular weight excluding hydrogens is 446 g/mol. The Balaban J connectivity index is 1.41. The Labute approximate surface area is 194 Å². The molecule has 1 saturated heterocycles. The first-order valence-electron chi connectivity index (χ1n) is 10.4. The first-order chi connectivity index (χ1) is 15.7. The van der Waals surface area contributed by atoms with Gasteiger partial charge in [-0.2, -0.15) is 4.98 Å². The number of aromatic nitrogens is 5. The quantitative estimate of drug-likeness (QED) is 0.330. The van der Waals surface area contributed by atoms with Gasteiger partial charge >= 0.3 is 0 Å². The van der Waals surface area contributed by atoms with Crippen LogP contribution in [-0.4, -0.2) is 44.7 Å². The van der Waals surface area contributed by atoms with Crippen molar-refractivity contribution in [2.45, 2.75) is 42.8 Å². The van der Waals surface area contributed by atoms with E-state index in [4.69, 9.17) is 14.0 Å². The van der Waals surface area contributed by atoms with E-state index in [0.717, 1.165) is 46.6 Å². The first kappa shape index (κ1) is 21.2. The van der Waals surface area contributed by atoms with Gasteiger partial charge < -0.3 is 14.0 Å². The molecule has 4 heterocycles. The van der Waals surface area contributed by atoms with Crippen LogP contribution < -0.4 is 4.74 Å². The van der Waals surface area contributed by atoms with Crippen LogP contribution in [0, 0.1) is 0 Å². The van der Waals surface area contributed by atoms with Gasteiger partial charge in [0.1, 0.15) is 5.75 Å². The molecule has 1 fully saturated rings. The van der Waals surface area contributed by atoms with Crippen molar-refractivity contribution in [2.75, 3.05) is 13.7 Å². The van der Waals surface area contributed by atoms with Gasteiger partial charge in [0.05, 0.1) is 29.9 Å². The standard InChI is InChI=1S/C22H23N5O3S2/c1-14(21-23-19(26-30-21)18-6-4-12-31-18)32-22-25-24-20(15-7-9-16(28-2)10-8-15)27(22)13-17-5-3-11-29-17/h4,6-10,12,14,17H,3,5,11,13H2,1-2H3. The molecule has 8 nitrogen and oxygen atoms in total. The number of thioether (sulfide) groups is 1. The normalized spacial score (nSPS) is 17.0. The molecule has 1 aromatic carbocycles. The maximum Gasteiger partial charge on any atom is 0.240 e. The van der Waals surface area contributed by atoms with E-state index in [1.807, 2.05) is 48.7 Å². The minimum atomic E-state index is -0.0765. The molecule has 0 spiro atoms. The van der Waals surface area contributed by atoms with Crippen molar-refractivity contribution in [2.24, 2.45) is 0 Å². The molecule has 32 heavy (non-hydrogen) atoms. The summed E-state index contributed by atoms with van der Waals surface area (Å²) in [5.74, 6) is 2.79. The molecule has 10 heteroatoms. The van der Waals surface area contributed by atoms with E-state index < -0.39 is 0 Å². The van der Waals surface area contributed by atoms with Gasteiger partial charge in [-0.1, -0.05) is 23.0 Å². The molecule has 3 aromatic heterocycles. The molecule has 0 radical (unpaired) electrons. The summed E-state index contributed by atoms with van der Waals surface area (Å²) >= 11 is 3.14. The Morgan fingerprint density at radius 2 is 2.12 bits per heavy atom. The zero-order valence-electron chi connectivity index (χ0n) is 17.8. The Kier molecular flexibility index (Phi) is 6.24. The van der Waals surface area contributed by atoms with Crippen molar-refractivity contribution >= 4 is 23.1 Å². The van der Waals surface area contributed by atoms with Crippen molar-refractivity contribution in [3.05, 3.63) is 47.7 Å². The molecule has 5 rings (SSSR count). The number of hydrogen-bond acceptors (Lipinski definition) is 9. The molecule has 0 saturated carbocycles. The fourth-order valence-electron chi connectivity index (χ4n) is 3.60. The molecule has 1 aliphatic rings. The van der Waals surface area contributed by atoms with Crippen LogP contribution in [0.2, 0.25) is 0 Å².